The monoisotopic (exact) mass is 384 g/mol. The van der Waals surface area contributed by atoms with Gasteiger partial charge in [0.05, 0.1) is 13.2 Å². The summed E-state index contributed by atoms with van der Waals surface area (Å²) < 4.78 is 5.30. The van der Waals surface area contributed by atoms with Crippen molar-refractivity contribution in [3.63, 3.8) is 0 Å². The van der Waals surface area contributed by atoms with E-state index in [9.17, 15) is 0 Å². The molecule has 0 unspecified atom stereocenters. The van der Waals surface area contributed by atoms with Gasteiger partial charge in [0.25, 0.3) is 0 Å². The third-order valence-electron chi connectivity index (χ3n) is 4.99. The van der Waals surface area contributed by atoms with Crippen molar-refractivity contribution in [1.82, 2.24) is 10.3 Å². The van der Waals surface area contributed by atoms with Gasteiger partial charge in [-0.05, 0) is 67.7 Å². The zero-order valence-electron chi connectivity index (χ0n) is 16.2. The molecule has 1 aliphatic rings. The maximum Gasteiger partial charge on any atom is 0.174 e. The first-order valence-corrected chi connectivity index (χ1v) is 9.89. The first-order valence-electron chi connectivity index (χ1n) is 9.48. The van der Waals surface area contributed by atoms with Gasteiger partial charge in [-0.1, -0.05) is 19.1 Å². The molecule has 0 radical (unpaired) electrons. The molecule has 6 heteroatoms. The summed E-state index contributed by atoms with van der Waals surface area (Å²) in [5, 5.41) is 6.94. The number of hydrogen-bond acceptors (Lipinski definition) is 4. The lowest BCUT2D eigenvalue weighted by molar-refractivity contribution is 0.415. The van der Waals surface area contributed by atoms with Crippen molar-refractivity contribution in [1.29, 1.82) is 0 Å². The molecule has 144 valence electrons. The molecule has 1 aliphatic heterocycles. The van der Waals surface area contributed by atoms with E-state index < -0.39 is 0 Å². The molecule has 5 nitrogen and oxygen atoms in total. The van der Waals surface area contributed by atoms with E-state index in [1.54, 1.807) is 13.3 Å². The van der Waals surface area contributed by atoms with Gasteiger partial charge in [-0.15, -0.1) is 0 Å². The number of methoxy groups -OCH3 is 1. The molecule has 0 bridgehead atoms. The summed E-state index contributed by atoms with van der Waals surface area (Å²) in [6.07, 6.45) is 4.32. The Morgan fingerprint density at radius 1 is 1.30 bits per heavy atom. The lowest BCUT2D eigenvalue weighted by Gasteiger charge is -2.33. The number of benzene rings is 1. The number of nitrogens with zero attached hydrogens (tertiary/aromatic N) is 2. The number of nitrogens with one attached hydrogen (secondary N) is 2. The zero-order valence-corrected chi connectivity index (χ0v) is 17.1. The van der Waals surface area contributed by atoms with Gasteiger partial charge in [0.1, 0.15) is 0 Å². The highest BCUT2D eigenvalue weighted by Gasteiger charge is 2.17. The second-order valence-electron chi connectivity index (χ2n) is 7.16. The Morgan fingerprint density at radius 2 is 2.07 bits per heavy atom. The minimum Gasteiger partial charge on any atom is -0.493 e. The number of thiocarbonyl (C=S) groups is 1. The SMILES string of the molecule is COc1cccnc1NC(=S)N[C@@H](C)c1ccc(N2CCC[C@@H](C)C2)cc1. The number of piperidine rings is 1. The normalized spacial score (nSPS) is 17.9. The minimum atomic E-state index is 0.0917. The van der Waals surface area contributed by atoms with Gasteiger partial charge >= 0.3 is 0 Å². The Bertz CT molecular complexity index is 765. The van der Waals surface area contributed by atoms with Crippen LogP contribution in [0.1, 0.15) is 38.3 Å². The molecule has 2 N–H and O–H groups in total. The smallest absolute Gasteiger partial charge is 0.174 e. The van der Waals surface area contributed by atoms with Gasteiger partial charge in [0.2, 0.25) is 0 Å². The lowest BCUT2D eigenvalue weighted by atomic mass is 9.99. The highest BCUT2D eigenvalue weighted by atomic mass is 32.1. The number of rotatable bonds is 5. The third kappa shape index (κ3) is 5.10. The molecule has 2 heterocycles. The number of hydrogen-bond donors (Lipinski definition) is 2. The Kier molecular flexibility index (Phi) is 6.50. The quantitative estimate of drug-likeness (QED) is 0.747. The fraction of sp³-hybridized carbons (Fsp3) is 0.429. The highest BCUT2D eigenvalue weighted by molar-refractivity contribution is 7.80. The van der Waals surface area contributed by atoms with Crippen LogP contribution in [0.2, 0.25) is 0 Å². The molecule has 27 heavy (non-hydrogen) atoms. The number of pyridine rings is 1. The van der Waals surface area contributed by atoms with Gasteiger partial charge in [-0.25, -0.2) is 4.98 Å². The summed E-state index contributed by atoms with van der Waals surface area (Å²) in [5.41, 5.74) is 2.50. The first-order chi connectivity index (χ1) is 13.1. The van der Waals surface area contributed by atoms with Gasteiger partial charge in [0, 0.05) is 25.0 Å². The molecule has 0 aliphatic carbocycles. The maximum atomic E-state index is 5.43. The molecule has 1 fully saturated rings. The largest absolute Gasteiger partial charge is 0.493 e. The highest BCUT2D eigenvalue weighted by Crippen LogP contribution is 2.25. The van der Waals surface area contributed by atoms with Crippen molar-refractivity contribution in [3.05, 3.63) is 48.2 Å². The number of aromatic nitrogens is 1. The van der Waals surface area contributed by atoms with Gasteiger partial charge in [-0.2, -0.15) is 0 Å². The van der Waals surface area contributed by atoms with Crippen molar-refractivity contribution in [2.75, 3.05) is 30.4 Å². The molecule has 3 rings (SSSR count). The predicted octanol–water partition coefficient (Wildman–Crippen LogP) is 4.37. The average Bonchev–Trinajstić information content (AvgIpc) is 2.68. The fourth-order valence-electron chi connectivity index (χ4n) is 3.47. The summed E-state index contributed by atoms with van der Waals surface area (Å²) in [6.45, 7) is 6.73. The minimum absolute atomic E-state index is 0.0917. The van der Waals surface area contributed by atoms with E-state index in [2.05, 4.69) is 58.6 Å². The van der Waals surface area contributed by atoms with E-state index in [0.717, 1.165) is 19.0 Å². The van der Waals surface area contributed by atoms with Crippen LogP contribution in [0.3, 0.4) is 0 Å². The van der Waals surface area contributed by atoms with Crippen LogP contribution >= 0.6 is 12.2 Å². The molecular formula is C21H28N4OS. The molecule has 1 saturated heterocycles. The maximum absolute atomic E-state index is 5.43. The molecule has 1 aromatic carbocycles. The molecule has 0 spiro atoms. The zero-order chi connectivity index (χ0) is 19.2. The van der Waals surface area contributed by atoms with Crippen molar-refractivity contribution < 1.29 is 4.74 Å². The van der Waals surface area contributed by atoms with Crippen molar-refractivity contribution in [2.45, 2.75) is 32.7 Å². The topological polar surface area (TPSA) is 49.4 Å². The Labute approximate surface area is 167 Å². The Balaban J connectivity index is 1.59. The number of ether oxygens (including phenoxy) is 1. The van der Waals surface area contributed by atoms with E-state index in [1.165, 1.54) is 24.1 Å². The van der Waals surface area contributed by atoms with Crippen LogP contribution in [-0.2, 0) is 0 Å². The molecular weight excluding hydrogens is 356 g/mol. The van der Waals surface area contributed by atoms with E-state index >= 15 is 0 Å². The molecule has 0 amide bonds. The second-order valence-corrected chi connectivity index (χ2v) is 7.57. The third-order valence-corrected chi connectivity index (χ3v) is 5.21. The van der Waals surface area contributed by atoms with E-state index in [1.807, 2.05) is 12.1 Å². The predicted molar refractivity (Wildman–Crippen MR) is 116 cm³/mol. The van der Waals surface area contributed by atoms with Crippen LogP contribution in [0, 0.1) is 5.92 Å². The van der Waals surface area contributed by atoms with Crippen LogP contribution in [0.4, 0.5) is 11.5 Å². The summed E-state index contributed by atoms with van der Waals surface area (Å²) in [6, 6.07) is 12.5. The van der Waals surface area contributed by atoms with Crippen LogP contribution < -0.4 is 20.3 Å². The standard InChI is InChI=1S/C21H28N4OS/c1-15-6-5-13-25(14-15)18-10-8-17(9-11-18)16(2)23-21(27)24-20-19(26-3)7-4-12-22-20/h4,7-12,15-16H,5-6,13-14H2,1-3H3,(H2,22,23,24,27)/t15-,16+/m1/s1. The first kappa shape index (κ1) is 19.4. The molecule has 2 atom stereocenters. The summed E-state index contributed by atoms with van der Waals surface area (Å²) in [7, 11) is 1.62. The fourth-order valence-corrected chi connectivity index (χ4v) is 3.74. The van der Waals surface area contributed by atoms with Gasteiger partial charge in [-0.3, -0.25) is 0 Å². The van der Waals surface area contributed by atoms with E-state index in [0.29, 0.717) is 16.7 Å². The van der Waals surface area contributed by atoms with Crippen molar-refractivity contribution in [3.8, 4) is 5.75 Å². The summed E-state index contributed by atoms with van der Waals surface area (Å²) in [5.74, 6) is 2.04. The van der Waals surface area contributed by atoms with Gasteiger partial charge in [0.15, 0.2) is 16.7 Å². The van der Waals surface area contributed by atoms with Crippen LogP contribution in [0.15, 0.2) is 42.6 Å². The van der Waals surface area contributed by atoms with Crippen LogP contribution in [0.5, 0.6) is 5.75 Å². The van der Waals surface area contributed by atoms with Crippen molar-refractivity contribution in [2.24, 2.45) is 5.92 Å². The van der Waals surface area contributed by atoms with E-state index in [4.69, 9.17) is 17.0 Å². The summed E-state index contributed by atoms with van der Waals surface area (Å²) >= 11 is 5.43. The average molecular weight is 385 g/mol. The molecule has 0 saturated carbocycles. The molecule has 2 aromatic rings. The van der Waals surface area contributed by atoms with Crippen LogP contribution in [-0.4, -0.2) is 30.3 Å². The molecule has 1 aromatic heterocycles. The Morgan fingerprint density at radius 3 is 2.78 bits per heavy atom. The number of anilines is 2. The van der Waals surface area contributed by atoms with Crippen molar-refractivity contribution >= 4 is 28.8 Å². The summed E-state index contributed by atoms with van der Waals surface area (Å²) in [4.78, 5) is 6.75. The lowest BCUT2D eigenvalue weighted by Crippen LogP contribution is -2.34. The second kappa shape index (κ2) is 9.04. The van der Waals surface area contributed by atoms with Gasteiger partial charge < -0.3 is 20.3 Å². The van der Waals surface area contributed by atoms with Crippen LogP contribution in [0.25, 0.3) is 0 Å². The Hall–Kier alpha value is -2.34. The van der Waals surface area contributed by atoms with E-state index in [-0.39, 0.29) is 6.04 Å².